The first kappa shape index (κ1) is 88.0. The average Bonchev–Trinajstić information content (AvgIpc) is 0.799. The van der Waals surface area contributed by atoms with E-state index in [4.69, 9.17) is 57.2 Å². The quantitative estimate of drug-likeness (QED) is 0.0274. The molecule has 0 saturated heterocycles. The van der Waals surface area contributed by atoms with E-state index >= 15 is 0 Å². The number of pyridine rings is 7. The topological polar surface area (TPSA) is 304 Å². The van der Waals surface area contributed by atoms with Crippen LogP contribution in [-0.2, 0) is 23.6 Å². The molecule has 0 aliphatic heterocycles. The third-order valence-electron chi connectivity index (χ3n) is 12.4. The predicted molar refractivity (Wildman–Crippen MR) is 434 cm³/mol. The van der Waals surface area contributed by atoms with Crippen molar-refractivity contribution in [1.82, 2.24) is 34.9 Å². The number of ether oxygens (including phenoxy) is 7. The van der Waals surface area contributed by atoms with Crippen LogP contribution in [0.15, 0.2) is 180 Å². The van der Waals surface area contributed by atoms with Crippen molar-refractivity contribution in [2.75, 3.05) is 66.0 Å². The maximum Gasteiger partial charge on any atom is 0.339 e. The Bertz CT molecular complexity index is 4400. The fraction of sp³-hybridized carbons (Fsp3) is 0.179. The fourth-order valence-corrected chi connectivity index (χ4v) is 13.9. The number of nitrogen functional groups attached to an aromatic ring is 3. The molecule has 0 aliphatic carbocycles. The summed E-state index contributed by atoms with van der Waals surface area (Å²) in [5.41, 5.74) is 24.9. The summed E-state index contributed by atoms with van der Waals surface area (Å²) in [5, 5.41) is 3.38. The zero-order valence-electron chi connectivity index (χ0n) is 55.1. The molecule has 0 aliphatic rings. The van der Waals surface area contributed by atoms with Crippen LogP contribution in [0.5, 0.6) is 29.4 Å². The molecule has 10 rings (SSSR count). The Hall–Kier alpha value is -6.20. The molecule has 33 heteroatoms. The van der Waals surface area contributed by atoms with Crippen LogP contribution in [0.3, 0.4) is 0 Å². The lowest BCUT2D eigenvalue weighted by molar-refractivity contribution is -0.138. The first-order valence-corrected chi connectivity index (χ1v) is 39.9. The van der Waals surface area contributed by atoms with E-state index in [2.05, 4.69) is 276 Å². The van der Waals surface area contributed by atoms with Gasteiger partial charge in [0, 0.05) is 65.5 Å². The van der Waals surface area contributed by atoms with Gasteiger partial charge >= 0.3 is 17.1 Å². The number of rotatable bonds is 13. The second-order valence-electron chi connectivity index (χ2n) is 19.0. The third kappa shape index (κ3) is 28.9. The van der Waals surface area contributed by atoms with Gasteiger partial charge in [0.2, 0.25) is 35.0 Å². The number of aromatic amines is 1. The van der Waals surface area contributed by atoms with E-state index in [-0.39, 0.29) is 11.5 Å². The molecule has 0 spiro atoms. The fourth-order valence-electron chi connectivity index (χ4n) is 7.70. The molecule has 7 N–H and O–H groups in total. The number of fused-ring (bicyclic) bond motifs is 2. The highest BCUT2D eigenvalue weighted by Crippen LogP contribution is 2.61. The summed E-state index contributed by atoms with van der Waals surface area (Å²) in [5.74, 6) is 1.62. The first-order chi connectivity index (χ1) is 47.4. The minimum atomic E-state index is -3.22. The number of carbonyl (C=O) groups is 2. The lowest BCUT2D eigenvalue weighted by Gasteiger charge is -2.24. The number of aromatic nitrogens is 7. The number of halogens is 10. The summed E-state index contributed by atoms with van der Waals surface area (Å²) in [6.45, 7) is 14.1. The number of hydrogen-bond donors (Lipinski definition) is 4. The smallest absolute Gasteiger partial charge is 0.339 e. The standard InChI is InChI=1S/C21H21P.C11H13BrN2O3.C9H6BrClN2O.C9H7BrN2O2.C6H6BrIN2O.C6H7BrN2O.C5H8O2.Cl3OP/c1-16-10-4-7-13-19(16)22(20-14-8-5-11-17(20)2)21-15-9-6-12-18(21)3;1-3-17-8(15)5-4-7-6-14-11(16-2)9(12)10(7)13;1-14-9-7(10)8-5(4-12-9)2-3-6(11)13-8;1-14-9-7(10)8-5(4-11-9)2-3-6(13)12-8;1-11-6-4(7)5(9)3(8)2-10-6;1-10-6-5(7)4(8)2-3-9-6;1-3-5(6)7-4-2;1-5(2,3)4/h4-15H,1-3H3;4-6H,3H2,1-2H3,(H2,13,14);2-4H,1H3;2-4H,1H3,(H,12,13);2H,1H3,(H2,9,10);2-3H,1H3,(H2,8,9);3H,1,4H2,2H3;/b;5-4+;;;;;;. The summed E-state index contributed by atoms with van der Waals surface area (Å²) in [7, 11) is 7.18. The molecule has 0 fully saturated rings. The van der Waals surface area contributed by atoms with Crippen LogP contribution in [0, 0.1) is 24.3 Å². The molecule has 0 atom stereocenters. The van der Waals surface area contributed by atoms with Gasteiger partial charge in [0.05, 0.1) is 80.4 Å². The van der Waals surface area contributed by atoms with E-state index in [1.165, 1.54) is 65.2 Å². The number of nitrogens with one attached hydrogen (secondary N) is 1. The average molecular weight is 1920 g/mol. The number of methoxy groups -OCH3 is 5. The van der Waals surface area contributed by atoms with Crippen molar-refractivity contribution < 1.29 is 47.3 Å². The highest BCUT2D eigenvalue weighted by molar-refractivity contribution is 14.1. The zero-order valence-corrected chi connectivity index (χ0v) is 70.0. The number of nitrogens with two attached hydrogens (primary N) is 3. The van der Waals surface area contributed by atoms with Crippen molar-refractivity contribution in [2.45, 2.75) is 34.6 Å². The van der Waals surface area contributed by atoms with E-state index in [9.17, 15) is 18.9 Å². The Labute approximate surface area is 655 Å². The Morgan fingerprint density at radius 2 is 1.00 bits per heavy atom. The summed E-state index contributed by atoms with van der Waals surface area (Å²) >= 11 is 38.2. The molecule has 10 aromatic rings. The number of esters is 2. The van der Waals surface area contributed by atoms with Crippen LogP contribution < -0.4 is 62.4 Å². The molecule has 0 amide bonds. The van der Waals surface area contributed by atoms with Crippen LogP contribution in [-0.4, -0.2) is 95.6 Å². The highest BCUT2D eigenvalue weighted by Gasteiger charge is 2.21. The van der Waals surface area contributed by atoms with Gasteiger partial charge in [-0.25, -0.2) is 39.5 Å². The van der Waals surface area contributed by atoms with Crippen LogP contribution >= 0.6 is 161 Å². The Kier molecular flexibility index (Phi) is 40.2. The minimum absolute atomic E-state index is 0.147. The van der Waals surface area contributed by atoms with Gasteiger partial charge in [-0.2, -0.15) is 0 Å². The van der Waals surface area contributed by atoms with Gasteiger partial charge in [0.25, 0.3) is 0 Å². The van der Waals surface area contributed by atoms with E-state index in [1.807, 2.05) is 6.07 Å². The maximum absolute atomic E-state index is 11.1. The Morgan fingerprint density at radius 3 is 1.46 bits per heavy atom. The van der Waals surface area contributed by atoms with E-state index in [1.54, 1.807) is 84.2 Å². The second kappa shape index (κ2) is 45.7. The van der Waals surface area contributed by atoms with Crippen molar-refractivity contribution in [3.63, 3.8) is 0 Å². The molecule has 3 aromatic carbocycles. The molecule has 21 nitrogen and oxygen atoms in total. The molecule has 0 saturated carbocycles. The largest absolute Gasteiger partial charge is 0.480 e. The van der Waals surface area contributed by atoms with Gasteiger partial charge < -0.3 is 55.3 Å². The van der Waals surface area contributed by atoms with Gasteiger partial charge in [0.15, 0.2) is 0 Å². The number of aryl methyl sites for hydroxylation is 3. The molecular weight excluding hydrogens is 1850 g/mol. The monoisotopic (exact) mass is 1910 g/mol. The van der Waals surface area contributed by atoms with Crippen molar-refractivity contribution in [3.8, 4) is 29.4 Å². The number of anilines is 3. The summed E-state index contributed by atoms with van der Waals surface area (Å²) in [6.07, 6.45) is 12.1. The Balaban J connectivity index is 0.000000307. The molecule has 100 heavy (non-hydrogen) atoms. The van der Waals surface area contributed by atoms with Crippen molar-refractivity contribution >= 4 is 233 Å². The lowest BCUT2D eigenvalue weighted by Crippen LogP contribution is -2.25. The highest BCUT2D eigenvalue weighted by atomic mass is 127. The second-order valence-corrected chi connectivity index (χ2v) is 33.3. The number of nitrogens with zero attached hydrogens (tertiary/aromatic N) is 6. The number of hydrogen-bond acceptors (Lipinski definition) is 20. The van der Waals surface area contributed by atoms with E-state index in [0.29, 0.717) is 93.8 Å². The van der Waals surface area contributed by atoms with Crippen LogP contribution in [0.1, 0.15) is 36.1 Å². The molecule has 0 bridgehead atoms. The first-order valence-electron chi connectivity index (χ1n) is 28.7. The van der Waals surface area contributed by atoms with Crippen LogP contribution in [0.2, 0.25) is 5.15 Å². The molecule has 532 valence electrons. The number of benzene rings is 3. The van der Waals surface area contributed by atoms with Crippen LogP contribution in [0.25, 0.3) is 27.9 Å². The van der Waals surface area contributed by atoms with Gasteiger partial charge in [-0.3, -0.25) is 9.36 Å². The summed E-state index contributed by atoms with van der Waals surface area (Å²) in [6, 6.07) is 34.9. The summed E-state index contributed by atoms with van der Waals surface area (Å²) < 4.78 is 47.9. The Morgan fingerprint density at radius 1 is 0.580 bits per heavy atom. The number of H-pyrrole nitrogens is 1. The van der Waals surface area contributed by atoms with E-state index < -0.39 is 19.1 Å². The van der Waals surface area contributed by atoms with Gasteiger partial charge in [-0.1, -0.05) is 91.0 Å². The minimum Gasteiger partial charge on any atom is -0.480 e. The summed E-state index contributed by atoms with van der Waals surface area (Å²) in [4.78, 5) is 59.3. The zero-order chi connectivity index (χ0) is 74.8. The molecule has 0 radical (unpaired) electrons. The van der Waals surface area contributed by atoms with Crippen molar-refractivity contribution in [2.24, 2.45) is 0 Å². The molecular formula is C67H68Br5Cl4IN10O11P2. The normalized spacial score (nSPS) is 10.2. The maximum atomic E-state index is 11.1. The van der Waals surface area contributed by atoms with Gasteiger partial charge in [0.1, 0.15) is 27.5 Å². The molecule has 0 unspecified atom stereocenters. The van der Waals surface area contributed by atoms with Crippen LogP contribution in [0.4, 0.5) is 17.1 Å². The molecule has 7 aromatic heterocycles. The molecule has 7 heterocycles. The van der Waals surface area contributed by atoms with Gasteiger partial charge in [-0.05, 0) is 241 Å². The van der Waals surface area contributed by atoms with Crippen molar-refractivity contribution in [3.05, 3.63) is 217 Å². The SMILES string of the molecule is C=CC(=O)OCC.CCOC(=O)/C=C/c1cnc(OC)c(Br)c1N.COc1ncc(I)c(N)c1Br.COc1ncc2ccc(=O)[nH]c2c1Br.COc1ncc2ccc(Cl)nc2c1Br.COc1nccc(N)c1Br.Cc1ccccc1P(c1ccccc1C)c1ccccc1C.O=P(Cl)(Cl)Cl. The third-order valence-corrected chi connectivity index (χ3v) is 20.2. The van der Waals surface area contributed by atoms with E-state index in [0.717, 1.165) is 30.4 Å². The van der Waals surface area contributed by atoms with Gasteiger partial charge in [-0.15, -0.1) is 0 Å². The van der Waals surface area contributed by atoms with Crippen molar-refractivity contribution in [1.29, 1.82) is 0 Å². The number of carbonyl (C=O) groups excluding carboxylic acids is 2. The predicted octanol–water partition coefficient (Wildman–Crippen LogP) is 18.2. The lowest BCUT2D eigenvalue weighted by atomic mass is 10.2.